The van der Waals surface area contributed by atoms with Gasteiger partial charge in [-0.25, -0.2) is 0 Å². The minimum absolute atomic E-state index is 0.401. The second kappa shape index (κ2) is 18.5. The summed E-state index contributed by atoms with van der Waals surface area (Å²) < 4.78 is 0. The first-order valence-electron chi connectivity index (χ1n) is 10.1. The van der Waals surface area contributed by atoms with Crippen molar-refractivity contribution in [1.82, 2.24) is 0 Å². The molecule has 0 atom stereocenters. The van der Waals surface area contributed by atoms with Gasteiger partial charge in [0.25, 0.3) is 0 Å². The highest BCUT2D eigenvalue weighted by molar-refractivity contribution is 7.57. The van der Waals surface area contributed by atoms with Crippen LogP contribution < -0.4 is 0 Å². The first-order chi connectivity index (χ1) is 10.3. The molecule has 0 aromatic heterocycles. The van der Waals surface area contributed by atoms with Gasteiger partial charge in [-0.3, -0.25) is 0 Å². The van der Waals surface area contributed by atoms with Gasteiger partial charge in [0.1, 0.15) is 0 Å². The zero-order valence-corrected chi connectivity index (χ0v) is 16.4. The zero-order valence-electron chi connectivity index (χ0n) is 15.5. The minimum atomic E-state index is 0.401. The van der Waals surface area contributed by atoms with E-state index in [2.05, 4.69) is 20.8 Å². The largest absolute Gasteiger partial charge is 0.107 e. The van der Waals surface area contributed by atoms with Gasteiger partial charge in [-0.15, -0.1) is 7.92 Å². The predicted molar refractivity (Wildman–Crippen MR) is 103 cm³/mol. The Morgan fingerprint density at radius 1 is 0.381 bits per heavy atom. The molecule has 1 heteroatoms. The van der Waals surface area contributed by atoms with E-state index in [1.54, 1.807) is 6.16 Å². The van der Waals surface area contributed by atoms with Gasteiger partial charge in [0.05, 0.1) is 0 Å². The average Bonchev–Trinajstić information content (AvgIpc) is 2.48. The molecule has 21 heavy (non-hydrogen) atoms. The molecule has 0 radical (unpaired) electrons. The first kappa shape index (κ1) is 21.4. The lowest BCUT2D eigenvalue weighted by molar-refractivity contribution is 0.548. The Kier molecular flexibility index (Phi) is 18.9. The van der Waals surface area contributed by atoms with Crippen molar-refractivity contribution in [3.8, 4) is 0 Å². The fraction of sp³-hybridized carbons (Fsp3) is 1.00. The molecule has 0 fully saturated rings. The maximum atomic E-state index is 2.35. The standard InChI is InChI=1S/C20H43P/c1-4-7-8-9-10-11-12-13-14-15-16-17-20-21(18-5-2)19-6-3/h4-20H2,1-3H3. The van der Waals surface area contributed by atoms with E-state index in [0.29, 0.717) is 7.92 Å². The molecule has 0 aliphatic carbocycles. The van der Waals surface area contributed by atoms with Crippen molar-refractivity contribution < 1.29 is 0 Å². The molecule has 0 aliphatic heterocycles. The molecule has 0 nitrogen and oxygen atoms in total. The van der Waals surface area contributed by atoms with Gasteiger partial charge in [0.2, 0.25) is 0 Å². The summed E-state index contributed by atoms with van der Waals surface area (Å²) in [6.07, 6.45) is 25.2. The topological polar surface area (TPSA) is 0 Å². The third-order valence-electron chi connectivity index (χ3n) is 4.41. The molecule has 0 saturated carbocycles. The van der Waals surface area contributed by atoms with Crippen molar-refractivity contribution in [3.05, 3.63) is 0 Å². The minimum Gasteiger partial charge on any atom is -0.107 e. The molecule has 0 unspecified atom stereocenters. The molecule has 0 aliphatic rings. The molecule has 0 rings (SSSR count). The third kappa shape index (κ3) is 16.6. The Bertz CT molecular complexity index is 173. The monoisotopic (exact) mass is 314 g/mol. The SMILES string of the molecule is CCCCCCCCCCCCCCP(CCC)CCC. The summed E-state index contributed by atoms with van der Waals surface area (Å²) in [4.78, 5) is 0. The van der Waals surface area contributed by atoms with Crippen LogP contribution in [0.2, 0.25) is 0 Å². The molecular formula is C20H43P. The van der Waals surface area contributed by atoms with Crippen molar-refractivity contribution in [1.29, 1.82) is 0 Å². The molecule has 0 aromatic carbocycles. The van der Waals surface area contributed by atoms with Crippen LogP contribution in [0.1, 0.15) is 111 Å². The van der Waals surface area contributed by atoms with Crippen molar-refractivity contribution in [2.45, 2.75) is 111 Å². The normalized spacial score (nSPS) is 11.4. The maximum Gasteiger partial charge on any atom is -0.0326 e. The fourth-order valence-corrected chi connectivity index (χ4v) is 5.75. The van der Waals surface area contributed by atoms with Crippen LogP contribution in [0.4, 0.5) is 0 Å². The smallest absolute Gasteiger partial charge is 0.0326 e. The second-order valence-electron chi connectivity index (χ2n) is 6.73. The molecule has 0 saturated heterocycles. The maximum absolute atomic E-state index is 2.35. The predicted octanol–water partition coefficient (Wildman–Crippen LogP) is 7.99. The lowest BCUT2D eigenvalue weighted by Gasteiger charge is -2.15. The van der Waals surface area contributed by atoms with E-state index >= 15 is 0 Å². The number of unbranched alkanes of at least 4 members (excludes halogenated alkanes) is 11. The Labute approximate surface area is 137 Å². The Balaban J connectivity index is 3.17. The first-order valence-corrected chi connectivity index (χ1v) is 12.0. The van der Waals surface area contributed by atoms with Gasteiger partial charge in [0, 0.05) is 0 Å². The van der Waals surface area contributed by atoms with Crippen LogP contribution in [0.15, 0.2) is 0 Å². The summed E-state index contributed by atoms with van der Waals surface area (Å²) in [5.74, 6) is 0. The van der Waals surface area contributed by atoms with Crippen molar-refractivity contribution in [2.24, 2.45) is 0 Å². The van der Waals surface area contributed by atoms with Crippen LogP contribution in [0, 0.1) is 0 Å². The summed E-state index contributed by atoms with van der Waals surface area (Å²) in [7, 11) is 0.401. The second-order valence-corrected chi connectivity index (χ2v) is 9.41. The third-order valence-corrected chi connectivity index (χ3v) is 7.52. The van der Waals surface area contributed by atoms with Crippen LogP contribution in [0.3, 0.4) is 0 Å². The summed E-state index contributed by atoms with van der Waals surface area (Å²) in [6.45, 7) is 7.01. The van der Waals surface area contributed by atoms with E-state index in [-0.39, 0.29) is 0 Å². The molecule has 0 spiro atoms. The number of hydrogen-bond donors (Lipinski definition) is 0. The van der Waals surface area contributed by atoms with Gasteiger partial charge in [-0.2, -0.15) is 0 Å². The molecule has 0 aromatic rings. The molecule has 0 heterocycles. The van der Waals surface area contributed by atoms with Crippen molar-refractivity contribution >= 4 is 7.92 Å². The van der Waals surface area contributed by atoms with Crippen molar-refractivity contribution in [3.63, 3.8) is 0 Å². The fourth-order valence-electron chi connectivity index (χ4n) is 3.14. The highest BCUT2D eigenvalue weighted by Gasteiger charge is 2.04. The molecule has 0 N–H and O–H groups in total. The van der Waals surface area contributed by atoms with Gasteiger partial charge in [-0.1, -0.05) is 104 Å². The molecular weight excluding hydrogens is 271 g/mol. The molecule has 128 valence electrons. The highest BCUT2D eigenvalue weighted by Crippen LogP contribution is 2.38. The number of hydrogen-bond acceptors (Lipinski definition) is 0. The van der Waals surface area contributed by atoms with Gasteiger partial charge in [-0.05, 0) is 24.9 Å². The Hall–Kier alpha value is 0.430. The van der Waals surface area contributed by atoms with E-state index in [1.165, 1.54) is 102 Å². The summed E-state index contributed by atoms with van der Waals surface area (Å²) in [6, 6.07) is 0. The van der Waals surface area contributed by atoms with E-state index in [4.69, 9.17) is 0 Å². The average molecular weight is 315 g/mol. The van der Waals surface area contributed by atoms with Crippen LogP contribution >= 0.6 is 7.92 Å². The van der Waals surface area contributed by atoms with Crippen LogP contribution in [-0.4, -0.2) is 18.5 Å². The van der Waals surface area contributed by atoms with E-state index in [1.807, 2.05) is 0 Å². The van der Waals surface area contributed by atoms with Gasteiger partial charge < -0.3 is 0 Å². The lowest BCUT2D eigenvalue weighted by Crippen LogP contribution is -1.94. The summed E-state index contributed by atoms with van der Waals surface area (Å²) in [5.41, 5.74) is 0. The van der Waals surface area contributed by atoms with E-state index in [0.717, 1.165) is 0 Å². The van der Waals surface area contributed by atoms with Crippen LogP contribution in [0.25, 0.3) is 0 Å². The van der Waals surface area contributed by atoms with E-state index < -0.39 is 0 Å². The molecule has 0 amide bonds. The molecule has 0 bridgehead atoms. The van der Waals surface area contributed by atoms with Crippen molar-refractivity contribution in [2.75, 3.05) is 18.5 Å². The quantitative estimate of drug-likeness (QED) is 0.188. The lowest BCUT2D eigenvalue weighted by atomic mass is 10.1. The highest BCUT2D eigenvalue weighted by atomic mass is 31.1. The van der Waals surface area contributed by atoms with Gasteiger partial charge >= 0.3 is 0 Å². The number of rotatable bonds is 17. The Morgan fingerprint density at radius 3 is 1.14 bits per heavy atom. The van der Waals surface area contributed by atoms with Crippen LogP contribution in [0.5, 0.6) is 0 Å². The summed E-state index contributed by atoms with van der Waals surface area (Å²) in [5, 5.41) is 0. The Morgan fingerprint density at radius 2 is 0.762 bits per heavy atom. The van der Waals surface area contributed by atoms with Gasteiger partial charge in [0.15, 0.2) is 0 Å². The van der Waals surface area contributed by atoms with E-state index in [9.17, 15) is 0 Å². The van der Waals surface area contributed by atoms with Crippen LogP contribution in [-0.2, 0) is 0 Å². The summed E-state index contributed by atoms with van der Waals surface area (Å²) >= 11 is 0. The zero-order chi connectivity index (χ0) is 15.6.